The molecule has 1 amide bonds. The third-order valence-corrected chi connectivity index (χ3v) is 2.67. The molecule has 1 aliphatic heterocycles. The molecule has 16 heavy (non-hydrogen) atoms. The number of carbonyl (C=O) groups excluding carboxylic acids is 1. The number of rotatable bonds is 3. The highest BCUT2D eigenvalue weighted by Crippen LogP contribution is 2.24. The molecule has 7 heteroatoms. The van der Waals surface area contributed by atoms with E-state index in [1.807, 2.05) is 0 Å². The van der Waals surface area contributed by atoms with E-state index < -0.39 is 5.60 Å². The Bertz CT molecular complexity index is 430. The second kappa shape index (κ2) is 4.09. The maximum atomic E-state index is 11.8. The van der Waals surface area contributed by atoms with Gasteiger partial charge in [0.15, 0.2) is 0 Å². The topological polar surface area (TPSA) is 99.9 Å². The van der Waals surface area contributed by atoms with E-state index in [4.69, 9.17) is 4.74 Å². The first-order valence-electron chi connectivity index (χ1n) is 5.16. The quantitative estimate of drug-likeness (QED) is 0.633. The number of amides is 1. The van der Waals surface area contributed by atoms with E-state index in [0.29, 0.717) is 12.4 Å². The van der Waals surface area contributed by atoms with E-state index >= 15 is 0 Å². The van der Waals surface area contributed by atoms with Crippen molar-refractivity contribution in [3.05, 3.63) is 16.3 Å². The molecule has 1 saturated heterocycles. The molecule has 1 aliphatic rings. The predicted molar refractivity (Wildman–Crippen MR) is 54.6 cm³/mol. The van der Waals surface area contributed by atoms with Gasteiger partial charge >= 0.3 is 5.69 Å². The minimum absolute atomic E-state index is 0.172. The Morgan fingerprint density at radius 3 is 3.06 bits per heavy atom. The lowest BCUT2D eigenvalue weighted by atomic mass is 10.0. The molecular weight excluding hydrogens is 212 g/mol. The van der Waals surface area contributed by atoms with Crippen LogP contribution in [0.25, 0.3) is 0 Å². The number of H-pyrrole nitrogens is 2. The molecule has 1 fully saturated rings. The second-order valence-electron chi connectivity index (χ2n) is 3.99. The molecule has 1 unspecified atom stereocenters. The van der Waals surface area contributed by atoms with E-state index in [9.17, 15) is 9.59 Å². The summed E-state index contributed by atoms with van der Waals surface area (Å²) in [5.41, 5.74) is -1.12. The number of carbonyl (C=O) groups is 1. The first-order chi connectivity index (χ1) is 7.60. The molecular formula is C9H14N4O3. The Morgan fingerprint density at radius 2 is 2.50 bits per heavy atom. The van der Waals surface area contributed by atoms with E-state index in [1.54, 1.807) is 6.92 Å². The zero-order valence-corrected chi connectivity index (χ0v) is 9.00. The normalized spacial score (nSPS) is 24.6. The van der Waals surface area contributed by atoms with E-state index in [-0.39, 0.29) is 18.1 Å². The number of nitrogens with zero attached hydrogens (tertiary/aromatic N) is 1. The third-order valence-electron chi connectivity index (χ3n) is 2.67. The van der Waals surface area contributed by atoms with Crippen LogP contribution in [0.4, 0.5) is 0 Å². The van der Waals surface area contributed by atoms with Crippen LogP contribution < -0.4 is 11.0 Å². The largest absolute Gasteiger partial charge is 0.365 e. The Labute approximate surface area is 91.6 Å². The van der Waals surface area contributed by atoms with Gasteiger partial charge in [0.2, 0.25) is 0 Å². The van der Waals surface area contributed by atoms with Gasteiger partial charge in [0, 0.05) is 6.61 Å². The number of nitrogens with one attached hydrogen (secondary N) is 3. The lowest BCUT2D eigenvalue weighted by Gasteiger charge is -2.21. The fourth-order valence-corrected chi connectivity index (χ4v) is 1.70. The van der Waals surface area contributed by atoms with E-state index in [0.717, 1.165) is 12.8 Å². The van der Waals surface area contributed by atoms with Gasteiger partial charge in [0.25, 0.3) is 5.91 Å². The van der Waals surface area contributed by atoms with Crippen LogP contribution in [-0.2, 0) is 16.1 Å². The Balaban J connectivity index is 1.90. The summed E-state index contributed by atoms with van der Waals surface area (Å²) >= 11 is 0. The molecule has 0 radical (unpaired) electrons. The van der Waals surface area contributed by atoms with Crippen LogP contribution in [0.15, 0.2) is 4.79 Å². The van der Waals surface area contributed by atoms with E-state index in [2.05, 4.69) is 20.5 Å². The molecule has 0 aliphatic carbocycles. The fourth-order valence-electron chi connectivity index (χ4n) is 1.70. The minimum atomic E-state index is -0.739. The van der Waals surface area contributed by atoms with Crippen LogP contribution in [0.1, 0.15) is 25.6 Å². The number of ether oxygens (including phenoxy) is 1. The zero-order valence-electron chi connectivity index (χ0n) is 9.00. The lowest BCUT2D eigenvalue weighted by Crippen LogP contribution is -2.43. The van der Waals surface area contributed by atoms with Crippen molar-refractivity contribution in [3.63, 3.8) is 0 Å². The van der Waals surface area contributed by atoms with Gasteiger partial charge in [0.1, 0.15) is 11.4 Å². The zero-order chi connectivity index (χ0) is 11.6. The summed E-state index contributed by atoms with van der Waals surface area (Å²) in [6.45, 7) is 2.57. The lowest BCUT2D eigenvalue weighted by molar-refractivity contribution is -0.139. The number of hydrogen-bond acceptors (Lipinski definition) is 4. The van der Waals surface area contributed by atoms with Gasteiger partial charge < -0.3 is 10.1 Å². The van der Waals surface area contributed by atoms with Crippen LogP contribution in [0.3, 0.4) is 0 Å². The predicted octanol–water partition coefficient (Wildman–Crippen LogP) is -0.717. The van der Waals surface area contributed by atoms with E-state index in [1.165, 1.54) is 0 Å². The summed E-state index contributed by atoms with van der Waals surface area (Å²) in [4.78, 5) is 25.0. The molecule has 2 heterocycles. The Hall–Kier alpha value is -1.63. The fraction of sp³-hybridized carbons (Fsp3) is 0.667. The molecule has 0 aromatic carbocycles. The van der Waals surface area contributed by atoms with Gasteiger partial charge in [-0.1, -0.05) is 0 Å². The summed E-state index contributed by atoms with van der Waals surface area (Å²) in [7, 11) is 0. The molecule has 0 saturated carbocycles. The van der Waals surface area contributed by atoms with Crippen molar-refractivity contribution in [3.8, 4) is 0 Å². The average molecular weight is 226 g/mol. The summed E-state index contributed by atoms with van der Waals surface area (Å²) in [6.07, 6.45) is 1.61. The van der Waals surface area contributed by atoms with Crippen molar-refractivity contribution in [1.82, 2.24) is 20.5 Å². The molecule has 88 valence electrons. The van der Waals surface area contributed by atoms with Gasteiger partial charge in [-0.15, -0.1) is 0 Å². The maximum absolute atomic E-state index is 11.8. The highest BCUT2D eigenvalue weighted by molar-refractivity contribution is 5.84. The van der Waals surface area contributed by atoms with Crippen LogP contribution in [-0.4, -0.2) is 33.3 Å². The first kappa shape index (κ1) is 10.9. The molecule has 1 aromatic heterocycles. The third kappa shape index (κ3) is 2.13. The number of hydrogen-bond donors (Lipinski definition) is 3. The molecule has 1 aromatic rings. The highest BCUT2D eigenvalue weighted by Gasteiger charge is 2.37. The van der Waals surface area contributed by atoms with Crippen molar-refractivity contribution >= 4 is 5.91 Å². The highest BCUT2D eigenvalue weighted by atomic mass is 16.5. The summed E-state index contributed by atoms with van der Waals surface area (Å²) < 4.78 is 5.38. The molecule has 0 spiro atoms. The average Bonchev–Trinajstić information content (AvgIpc) is 2.85. The second-order valence-corrected chi connectivity index (χ2v) is 3.99. The van der Waals surface area contributed by atoms with Crippen molar-refractivity contribution in [2.75, 3.05) is 6.61 Å². The molecule has 7 nitrogen and oxygen atoms in total. The van der Waals surface area contributed by atoms with Gasteiger partial charge in [-0.2, -0.15) is 5.10 Å². The minimum Gasteiger partial charge on any atom is -0.365 e. The Kier molecular flexibility index (Phi) is 2.78. The Morgan fingerprint density at radius 1 is 1.69 bits per heavy atom. The molecule has 1 atom stereocenters. The van der Waals surface area contributed by atoms with Crippen LogP contribution in [0.2, 0.25) is 0 Å². The SMILES string of the molecule is CC1(C(=O)NCc2n[nH]c(=O)[nH]2)CCCO1. The summed E-state index contributed by atoms with van der Waals surface area (Å²) in [6, 6.07) is 0. The number of aromatic amines is 2. The van der Waals surface area contributed by atoms with Crippen molar-refractivity contribution in [2.45, 2.75) is 31.9 Å². The van der Waals surface area contributed by atoms with Crippen LogP contribution >= 0.6 is 0 Å². The summed E-state index contributed by atoms with van der Waals surface area (Å²) in [5, 5.41) is 8.59. The van der Waals surface area contributed by atoms with Gasteiger partial charge in [-0.05, 0) is 19.8 Å². The summed E-state index contributed by atoms with van der Waals surface area (Å²) in [5.74, 6) is 0.230. The standard InChI is InChI=1S/C9H14N4O3/c1-9(3-2-4-16-9)7(14)10-5-6-11-8(15)13-12-6/h2-5H2,1H3,(H,10,14)(H2,11,12,13,15). The van der Waals surface area contributed by atoms with Gasteiger partial charge in [-0.25, -0.2) is 9.89 Å². The van der Waals surface area contributed by atoms with Crippen LogP contribution in [0.5, 0.6) is 0 Å². The molecule has 0 bridgehead atoms. The monoisotopic (exact) mass is 226 g/mol. The van der Waals surface area contributed by atoms with Gasteiger partial charge in [-0.3, -0.25) is 9.78 Å². The van der Waals surface area contributed by atoms with Crippen molar-refractivity contribution in [2.24, 2.45) is 0 Å². The maximum Gasteiger partial charge on any atom is 0.340 e. The van der Waals surface area contributed by atoms with Crippen LogP contribution in [0, 0.1) is 0 Å². The smallest absolute Gasteiger partial charge is 0.340 e. The van der Waals surface area contributed by atoms with Crippen molar-refractivity contribution in [1.29, 1.82) is 0 Å². The molecule has 3 N–H and O–H groups in total. The van der Waals surface area contributed by atoms with Gasteiger partial charge in [0.05, 0.1) is 6.54 Å². The van der Waals surface area contributed by atoms with Crippen molar-refractivity contribution < 1.29 is 9.53 Å². The number of aromatic nitrogens is 3. The first-order valence-corrected chi connectivity index (χ1v) is 5.16. The molecule has 2 rings (SSSR count).